The molecule has 0 saturated carbocycles. The first-order chi connectivity index (χ1) is 7.71. The summed E-state index contributed by atoms with van der Waals surface area (Å²) in [6.45, 7) is 8.03. The molecule has 1 rings (SSSR count). The topological polar surface area (TPSA) is 68.2 Å². The summed E-state index contributed by atoms with van der Waals surface area (Å²) in [5.41, 5.74) is 5.93. The van der Waals surface area contributed by atoms with Gasteiger partial charge in [0, 0.05) is 25.6 Å². The van der Waals surface area contributed by atoms with Crippen LogP contribution < -0.4 is 10.6 Å². The van der Waals surface area contributed by atoms with Crippen molar-refractivity contribution in [1.29, 1.82) is 0 Å². The highest BCUT2D eigenvalue weighted by Gasteiger charge is 2.13. The van der Waals surface area contributed by atoms with Crippen molar-refractivity contribution in [3.63, 3.8) is 0 Å². The van der Waals surface area contributed by atoms with Gasteiger partial charge in [-0.3, -0.25) is 0 Å². The molecule has 1 atom stereocenters. The quantitative estimate of drug-likeness (QED) is 0.764. The lowest BCUT2D eigenvalue weighted by molar-refractivity contribution is 0.365. The summed E-state index contributed by atoms with van der Waals surface area (Å²) in [4.78, 5) is 6.40. The standard InChI is InChI=1S/C11H22N4O/c1-4-7-9(12)8-10-13-11(14-16-10)15(5-2)6-3/h9H,4-8,12H2,1-3H3. The van der Waals surface area contributed by atoms with Crippen molar-refractivity contribution in [1.82, 2.24) is 10.1 Å². The van der Waals surface area contributed by atoms with Gasteiger partial charge >= 0.3 is 0 Å². The van der Waals surface area contributed by atoms with E-state index in [1.54, 1.807) is 0 Å². The van der Waals surface area contributed by atoms with E-state index in [0.717, 1.165) is 25.9 Å². The van der Waals surface area contributed by atoms with Crippen LogP contribution in [0.4, 0.5) is 5.95 Å². The summed E-state index contributed by atoms with van der Waals surface area (Å²) in [5.74, 6) is 1.31. The number of hydrogen-bond donors (Lipinski definition) is 1. The third-order valence-electron chi connectivity index (χ3n) is 2.60. The highest BCUT2D eigenvalue weighted by atomic mass is 16.5. The van der Waals surface area contributed by atoms with Crippen LogP contribution in [0.5, 0.6) is 0 Å². The van der Waals surface area contributed by atoms with Crippen LogP contribution in [0.2, 0.25) is 0 Å². The zero-order valence-corrected chi connectivity index (χ0v) is 10.4. The average Bonchev–Trinajstić information content (AvgIpc) is 2.68. The van der Waals surface area contributed by atoms with Gasteiger partial charge in [0.1, 0.15) is 0 Å². The number of anilines is 1. The molecule has 0 radical (unpaired) electrons. The molecule has 0 aliphatic rings. The van der Waals surface area contributed by atoms with E-state index in [0.29, 0.717) is 18.3 Å². The molecular formula is C11H22N4O. The van der Waals surface area contributed by atoms with E-state index in [1.165, 1.54) is 0 Å². The minimum absolute atomic E-state index is 0.120. The number of nitrogens with zero attached hydrogens (tertiary/aromatic N) is 3. The predicted octanol–water partition coefficient (Wildman–Crippen LogP) is 1.59. The molecule has 1 heterocycles. The summed E-state index contributed by atoms with van der Waals surface area (Å²) >= 11 is 0. The maximum absolute atomic E-state index is 5.93. The van der Waals surface area contributed by atoms with Crippen LogP contribution in [0.1, 0.15) is 39.5 Å². The Morgan fingerprint density at radius 2 is 2.00 bits per heavy atom. The van der Waals surface area contributed by atoms with Crippen LogP contribution in [0, 0.1) is 0 Å². The molecule has 0 aliphatic carbocycles. The minimum Gasteiger partial charge on any atom is -0.339 e. The van der Waals surface area contributed by atoms with E-state index in [2.05, 4.69) is 35.8 Å². The lowest BCUT2D eigenvalue weighted by Gasteiger charge is -2.14. The molecule has 0 aromatic carbocycles. The van der Waals surface area contributed by atoms with E-state index in [-0.39, 0.29) is 6.04 Å². The highest BCUT2D eigenvalue weighted by molar-refractivity contribution is 5.26. The molecule has 0 spiro atoms. The molecule has 0 aliphatic heterocycles. The lowest BCUT2D eigenvalue weighted by atomic mass is 10.1. The highest BCUT2D eigenvalue weighted by Crippen LogP contribution is 2.10. The Morgan fingerprint density at radius 1 is 1.31 bits per heavy atom. The Balaban J connectivity index is 2.57. The first kappa shape index (κ1) is 13.0. The molecule has 2 N–H and O–H groups in total. The van der Waals surface area contributed by atoms with Gasteiger partial charge < -0.3 is 15.2 Å². The monoisotopic (exact) mass is 226 g/mol. The lowest BCUT2D eigenvalue weighted by Crippen LogP contribution is -2.24. The zero-order chi connectivity index (χ0) is 12.0. The molecule has 5 heteroatoms. The fourth-order valence-electron chi connectivity index (χ4n) is 1.66. The molecule has 16 heavy (non-hydrogen) atoms. The largest absolute Gasteiger partial charge is 0.339 e. The first-order valence-corrected chi connectivity index (χ1v) is 6.04. The Morgan fingerprint density at radius 3 is 2.56 bits per heavy atom. The van der Waals surface area contributed by atoms with Gasteiger partial charge in [0.05, 0.1) is 0 Å². The van der Waals surface area contributed by atoms with Crippen LogP contribution in [0.25, 0.3) is 0 Å². The molecule has 92 valence electrons. The van der Waals surface area contributed by atoms with Gasteiger partial charge in [-0.2, -0.15) is 4.98 Å². The third kappa shape index (κ3) is 3.48. The molecule has 5 nitrogen and oxygen atoms in total. The molecule has 1 aromatic heterocycles. The van der Waals surface area contributed by atoms with Crippen LogP contribution in [-0.4, -0.2) is 29.3 Å². The second-order valence-electron chi connectivity index (χ2n) is 3.91. The van der Waals surface area contributed by atoms with Gasteiger partial charge in [0.2, 0.25) is 5.89 Å². The molecule has 0 bridgehead atoms. The molecular weight excluding hydrogens is 204 g/mol. The van der Waals surface area contributed by atoms with Crippen molar-refractivity contribution >= 4 is 5.95 Å². The molecule has 1 aromatic rings. The summed E-state index contributed by atoms with van der Waals surface area (Å²) in [5, 5.41) is 3.96. The van der Waals surface area contributed by atoms with Crippen LogP contribution in [0.3, 0.4) is 0 Å². The molecule has 1 unspecified atom stereocenters. The molecule has 0 amide bonds. The third-order valence-corrected chi connectivity index (χ3v) is 2.60. The van der Waals surface area contributed by atoms with Crippen LogP contribution in [0.15, 0.2) is 4.52 Å². The zero-order valence-electron chi connectivity index (χ0n) is 10.4. The van der Waals surface area contributed by atoms with E-state index < -0.39 is 0 Å². The van der Waals surface area contributed by atoms with Gasteiger partial charge in [-0.15, -0.1) is 0 Å². The molecule has 0 saturated heterocycles. The number of aromatic nitrogens is 2. The maximum Gasteiger partial charge on any atom is 0.266 e. The second-order valence-corrected chi connectivity index (χ2v) is 3.91. The van der Waals surface area contributed by atoms with E-state index in [4.69, 9.17) is 10.3 Å². The first-order valence-electron chi connectivity index (χ1n) is 6.04. The number of hydrogen-bond acceptors (Lipinski definition) is 5. The second kappa shape index (κ2) is 6.48. The summed E-state index contributed by atoms with van der Waals surface area (Å²) < 4.78 is 5.18. The molecule has 0 fully saturated rings. The normalized spacial score (nSPS) is 12.8. The van der Waals surface area contributed by atoms with Gasteiger partial charge in [-0.1, -0.05) is 13.3 Å². The fraction of sp³-hybridized carbons (Fsp3) is 0.818. The summed E-state index contributed by atoms with van der Waals surface area (Å²) in [6, 6.07) is 0.120. The van der Waals surface area contributed by atoms with Crippen molar-refractivity contribution < 1.29 is 4.52 Å². The van der Waals surface area contributed by atoms with Crippen molar-refractivity contribution in [2.24, 2.45) is 5.73 Å². The number of rotatable bonds is 7. The van der Waals surface area contributed by atoms with Gasteiger partial charge in [0.15, 0.2) is 0 Å². The Bertz CT molecular complexity index is 296. The van der Waals surface area contributed by atoms with Crippen molar-refractivity contribution in [2.75, 3.05) is 18.0 Å². The maximum atomic E-state index is 5.93. The van der Waals surface area contributed by atoms with E-state index >= 15 is 0 Å². The van der Waals surface area contributed by atoms with Crippen LogP contribution >= 0.6 is 0 Å². The Kier molecular flexibility index (Phi) is 5.25. The SMILES string of the molecule is CCCC(N)Cc1nc(N(CC)CC)no1. The van der Waals surface area contributed by atoms with E-state index in [9.17, 15) is 0 Å². The Labute approximate surface area is 97.0 Å². The van der Waals surface area contributed by atoms with Crippen LogP contribution in [-0.2, 0) is 6.42 Å². The van der Waals surface area contributed by atoms with Gasteiger partial charge in [0.25, 0.3) is 5.95 Å². The predicted molar refractivity (Wildman–Crippen MR) is 64.4 cm³/mol. The average molecular weight is 226 g/mol. The van der Waals surface area contributed by atoms with Crippen molar-refractivity contribution in [3.8, 4) is 0 Å². The summed E-state index contributed by atoms with van der Waals surface area (Å²) in [6.07, 6.45) is 2.74. The Hall–Kier alpha value is -1.10. The van der Waals surface area contributed by atoms with Gasteiger partial charge in [-0.05, 0) is 25.4 Å². The van der Waals surface area contributed by atoms with Crippen molar-refractivity contribution in [3.05, 3.63) is 5.89 Å². The summed E-state index contributed by atoms with van der Waals surface area (Å²) in [7, 11) is 0. The van der Waals surface area contributed by atoms with Gasteiger partial charge in [-0.25, -0.2) is 0 Å². The van der Waals surface area contributed by atoms with Crippen molar-refractivity contribution in [2.45, 2.75) is 46.1 Å². The smallest absolute Gasteiger partial charge is 0.266 e. The minimum atomic E-state index is 0.120. The van der Waals surface area contributed by atoms with E-state index in [1.807, 2.05) is 0 Å². The number of nitrogens with two attached hydrogens (primary N) is 1. The fourth-order valence-corrected chi connectivity index (χ4v) is 1.66.